The van der Waals surface area contributed by atoms with Crippen molar-refractivity contribution in [3.05, 3.63) is 11.6 Å². The van der Waals surface area contributed by atoms with Crippen molar-refractivity contribution in [1.29, 1.82) is 0 Å². The molecule has 0 amide bonds. The summed E-state index contributed by atoms with van der Waals surface area (Å²) in [5.41, 5.74) is -0.261. The van der Waals surface area contributed by atoms with Crippen LogP contribution >= 0.6 is 0 Å². The minimum atomic E-state index is -2.01. The lowest BCUT2D eigenvalue weighted by atomic mass is 9.33. The van der Waals surface area contributed by atoms with E-state index in [2.05, 4.69) is 54.5 Å². The van der Waals surface area contributed by atoms with Gasteiger partial charge in [-0.1, -0.05) is 60.1 Å². The molecule has 3 heterocycles. The van der Waals surface area contributed by atoms with Crippen LogP contribution in [0.4, 0.5) is 0 Å². The van der Waals surface area contributed by atoms with Gasteiger partial charge in [-0.3, -0.25) is 4.79 Å². The predicted octanol–water partition coefficient (Wildman–Crippen LogP) is 1.44. The molecule has 8 aliphatic rings. The van der Waals surface area contributed by atoms with E-state index < -0.39 is 128 Å². The van der Waals surface area contributed by atoms with Gasteiger partial charge in [-0.2, -0.15) is 0 Å². The van der Waals surface area contributed by atoms with E-state index in [1.807, 2.05) is 0 Å². The Bertz CT molecular complexity index is 1820. The Balaban J connectivity index is 1.02. The zero-order valence-electron chi connectivity index (χ0n) is 38.7. The molecule has 65 heavy (non-hydrogen) atoms. The second kappa shape index (κ2) is 17.2. The van der Waals surface area contributed by atoms with Gasteiger partial charge < -0.3 is 79.5 Å². The van der Waals surface area contributed by atoms with Crippen LogP contribution < -0.4 is 0 Å². The number of carbonyl (C=O) groups is 2. The number of aliphatic hydroxyl groups is 8. The number of allylic oxidation sites excluding steroid dienone is 2. The highest BCUT2D eigenvalue weighted by atomic mass is 16.8. The molecule has 370 valence electrons. The number of aliphatic carboxylic acids is 2. The van der Waals surface area contributed by atoms with E-state index in [-0.39, 0.29) is 33.5 Å². The fraction of sp³-hybridized carbons (Fsp3) is 0.915. The van der Waals surface area contributed by atoms with Crippen LogP contribution in [0.25, 0.3) is 0 Å². The first-order valence-electron chi connectivity index (χ1n) is 23.7. The molecule has 3 saturated heterocycles. The number of hydrogen-bond donors (Lipinski definition) is 10. The molecule has 7 fully saturated rings. The van der Waals surface area contributed by atoms with Crippen LogP contribution in [-0.2, 0) is 38.0 Å². The van der Waals surface area contributed by atoms with Gasteiger partial charge in [-0.25, -0.2) is 4.79 Å². The molecule has 5 aliphatic carbocycles. The van der Waals surface area contributed by atoms with Crippen LogP contribution in [0.15, 0.2) is 11.6 Å². The maximum atomic E-state index is 13.1. The maximum absolute atomic E-state index is 13.1. The molecule has 0 spiro atoms. The summed E-state index contributed by atoms with van der Waals surface area (Å²) in [4.78, 5) is 25.7. The number of aliphatic hydroxyl groups excluding tert-OH is 8. The molecule has 0 radical (unpaired) electrons. The van der Waals surface area contributed by atoms with Crippen LogP contribution in [0.3, 0.4) is 0 Å². The number of ether oxygens (including phenoxy) is 6. The zero-order chi connectivity index (χ0) is 47.6. The summed E-state index contributed by atoms with van der Waals surface area (Å²) in [6.07, 6.45) is -14.9. The third kappa shape index (κ3) is 7.76. The highest BCUT2D eigenvalue weighted by Crippen LogP contribution is 2.76. The van der Waals surface area contributed by atoms with Gasteiger partial charge in [-0.15, -0.1) is 0 Å². The second-order valence-corrected chi connectivity index (χ2v) is 23.1. The molecule has 18 heteroatoms. The number of rotatable bonds is 9. The fourth-order valence-corrected chi connectivity index (χ4v) is 14.8. The Hall–Kier alpha value is -1.88. The topological polar surface area (TPSA) is 292 Å². The SMILES string of the molecule is CC1(C)CC[C@@]2(C(=O)O)CC[C@@]3(C)C(=CC[C@H]4[C@]5(C)CC[C@@H](O[C@H]6O[C@@H](C(=O)O)[C@H](O)[C@@H](O[C@H]7OC[C@H](O)[C@@H](O)[C@@H]7O[C@H]7O[C@@H](CO)[C@H](O)[C@@H](O)[C@@H]7O)[C@@H]6O)C(C)(C)[C@H]5CC[C@@]43C)[C@H]2C1. The van der Waals surface area contributed by atoms with E-state index in [1.165, 1.54) is 5.57 Å². The Morgan fingerprint density at radius 1 is 0.692 bits per heavy atom. The van der Waals surface area contributed by atoms with Crippen LogP contribution in [-0.4, -0.2) is 168 Å². The van der Waals surface area contributed by atoms with Crippen LogP contribution in [0, 0.1) is 50.2 Å². The van der Waals surface area contributed by atoms with E-state index in [4.69, 9.17) is 28.4 Å². The van der Waals surface area contributed by atoms with Crippen molar-refractivity contribution >= 4 is 11.9 Å². The standard InChI is InChI=1S/C47H74O18/c1-42(2)14-16-47(41(58)59)17-15-45(6)21(22(47)18-42)8-9-26-44(5)12-11-27(43(3,4)25(44)10-13-46(26,45)7)62-39-33(55)34(32(54)35(64-39)37(56)57)63-40-36(28(50)23(49)20-60-40)65-38-31(53)30(52)29(51)24(19-48)61-38/h8,22-36,38-40,48-55H,9-20H2,1-7H3,(H,56,57)(H,58,59)/t22-,23+,24+,25-,26+,27-,28-,29+,30-,31+,32-,33+,34-,35-,36+,38-,39+,40-,44-,45+,46+,47-/m1/s1. The third-order valence-corrected chi connectivity index (χ3v) is 18.9. The largest absolute Gasteiger partial charge is 0.481 e. The van der Waals surface area contributed by atoms with E-state index >= 15 is 0 Å². The molecule has 8 rings (SSSR count). The highest BCUT2D eigenvalue weighted by molar-refractivity contribution is 5.76. The van der Waals surface area contributed by atoms with Crippen LogP contribution in [0.5, 0.6) is 0 Å². The van der Waals surface area contributed by atoms with Gasteiger partial charge in [0.2, 0.25) is 0 Å². The molecule has 22 atom stereocenters. The van der Waals surface area contributed by atoms with Crippen molar-refractivity contribution in [2.45, 2.75) is 205 Å². The number of hydrogen-bond acceptors (Lipinski definition) is 16. The van der Waals surface area contributed by atoms with Crippen LogP contribution in [0.1, 0.15) is 113 Å². The van der Waals surface area contributed by atoms with Gasteiger partial charge in [-0.05, 0) is 109 Å². The Labute approximate surface area is 380 Å². The molecule has 10 N–H and O–H groups in total. The highest BCUT2D eigenvalue weighted by Gasteiger charge is 2.70. The van der Waals surface area contributed by atoms with Gasteiger partial charge in [0.05, 0.1) is 24.7 Å². The fourth-order valence-electron chi connectivity index (χ4n) is 14.8. The summed E-state index contributed by atoms with van der Waals surface area (Å²) in [5, 5.41) is 107. The zero-order valence-corrected chi connectivity index (χ0v) is 38.7. The summed E-state index contributed by atoms with van der Waals surface area (Å²) < 4.78 is 35.3. The maximum Gasteiger partial charge on any atom is 0.335 e. The average Bonchev–Trinajstić information content (AvgIpc) is 3.23. The molecular formula is C47H74O18. The second-order valence-electron chi connectivity index (χ2n) is 23.1. The van der Waals surface area contributed by atoms with E-state index in [1.54, 1.807) is 0 Å². The Morgan fingerprint density at radius 3 is 2.02 bits per heavy atom. The van der Waals surface area contributed by atoms with Crippen LogP contribution in [0.2, 0.25) is 0 Å². The van der Waals surface area contributed by atoms with Crippen molar-refractivity contribution in [2.24, 2.45) is 50.2 Å². The summed E-state index contributed by atoms with van der Waals surface area (Å²) in [6.45, 7) is 14.7. The van der Waals surface area contributed by atoms with Crippen molar-refractivity contribution in [3.63, 3.8) is 0 Å². The molecule has 0 aromatic carbocycles. The smallest absolute Gasteiger partial charge is 0.335 e. The molecule has 3 aliphatic heterocycles. The molecule has 4 saturated carbocycles. The third-order valence-electron chi connectivity index (χ3n) is 18.9. The van der Waals surface area contributed by atoms with Crippen molar-refractivity contribution < 1.29 is 89.1 Å². The monoisotopic (exact) mass is 926 g/mol. The predicted molar refractivity (Wildman–Crippen MR) is 225 cm³/mol. The lowest BCUT2D eigenvalue weighted by Crippen LogP contribution is -2.67. The summed E-state index contributed by atoms with van der Waals surface area (Å²) in [7, 11) is 0. The molecular weight excluding hydrogens is 852 g/mol. The van der Waals surface area contributed by atoms with Crippen molar-refractivity contribution in [1.82, 2.24) is 0 Å². The van der Waals surface area contributed by atoms with Gasteiger partial charge in [0.25, 0.3) is 0 Å². The number of fused-ring (bicyclic) bond motifs is 7. The molecule has 18 nitrogen and oxygen atoms in total. The normalized spacial score (nSPS) is 52.8. The number of carboxylic acid groups (broad SMARTS) is 2. The lowest BCUT2D eigenvalue weighted by molar-refractivity contribution is -0.381. The molecule has 0 aromatic heterocycles. The summed E-state index contributed by atoms with van der Waals surface area (Å²) in [5.74, 6) is -1.81. The Kier molecular flexibility index (Phi) is 13.1. The van der Waals surface area contributed by atoms with Crippen molar-refractivity contribution in [2.75, 3.05) is 13.2 Å². The van der Waals surface area contributed by atoms with Gasteiger partial charge in [0.1, 0.15) is 61.0 Å². The quantitative estimate of drug-likeness (QED) is 0.116. The molecule has 0 bridgehead atoms. The van der Waals surface area contributed by atoms with Gasteiger partial charge >= 0.3 is 11.9 Å². The molecule has 0 unspecified atom stereocenters. The van der Waals surface area contributed by atoms with Gasteiger partial charge in [0.15, 0.2) is 25.0 Å². The summed E-state index contributed by atoms with van der Waals surface area (Å²) in [6, 6.07) is 0. The minimum absolute atomic E-state index is 0.00328. The van der Waals surface area contributed by atoms with E-state index in [0.717, 1.165) is 44.9 Å². The number of carboxylic acids is 2. The van der Waals surface area contributed by atoms with Crippen molar-refractivity contribution in [3.8, 4) is 0 Å². The van der Waals surface area contributed by atoms with E-state index in [0.29, 0.717) is 25.2 Å². The summed E-state index contributed by atoms with van der Waals surface area (Å²) >= 11 is 0. The average molecular weight is 927 g/mol. The Morgan fingerprint density at radius 2 is 1.35 bits per heavy atom. The lowest BCUT2D eigenvalue weighted by Gasteiger charge is -2.71. The van der Waals surface area contributed by atoms with E-state index in [9.17, 15) is 60.7 Å². The molecule has 0 aromatic rings. The van der Waals surface area contributed by atoms with Gasteiger partial charge in [0, 0.05) is 0 Å². The first-order valence-corrected chi connectivity index (χ1v) is 23.7. The minimum Gasteiger partial charge on any atom is -0.481 e. The first kappa shape index (κ1) is 49.5. The first-order chi connectivity index (χ1) is 30.3.